The van der Waals surface area contributed by atoms with E-state index in [2.05, 4.69) is 17.1 Å². The molecule has 21 heavy (non-hydrogen) atoms. The summed E-state index contributed by atoms with van der Waals surface area (Å²) in [7, 11) is 0. The minimum Gasteiger partial charge on any atom is -0.486 e. The zero-order chi connectivity index (χ0) is 14.2. The quantitative estimate of drug-likeness (QED) is 0.627. The predicted octanol–water partition coefficient (Wildman–Crippen LogP) is 4.33. The van der Waals surface area contributed by atoms with E-state index < -0.39 is 0 Å². The molecule has 0 bridgehead atoms. The molecule has 0 radical (unpaired) electrons. The summed E-state index contributed by atoms with van der Waals surface area (Å²) < 4.78 is 11.3. The van der Waals surface area contributed by atoms with Crippen LogP contribution >= 0.6 is 11.6 Å². The summed E-state index contributed by atoms with van der Waals surface area (Å²) in [6.45, 7) is 1.13. The first-order valence-electron chi connectivity index (χ1n) is 6.76. The summed E-state index contributed by atoms with van der Waals surface area (Å²) in [5.74, 6) is 1.48. The lowest BCUT2D eigenvalue weighted by Gasteiger charge is -2.19. The highest BCUT2D eigenvalue weighted by Crippen LogP contribution is 2.38. The maximum atomic E-state index is 6.17. The molecule has 2 aromatic carbocycles. The van der Waals surface area contributed by atoms with E-state index >= 15 is 0 Å². The number of aromatic nitrogens is 1. The first-order chi connectivity index (χ1) is 10.3. The fourth-order valence-corrected chi connectivity index (χ4v) is 2.79. The SMILES string of the molecule is Clc1cc(-c2ccccc2)c2cc3c(cc2n1)OCCO3. The van der Waals surface area contributed by atoms with E-state index in [1.54, 1.807) is 0 Å². The van der Waals surface area contributed by atoms with Gasteiger partial charge in [0.05, 0.1) is 5.52 Å². The van der Waals surface area contributed by atoms with Gasteiger partial charge in [-0.2, -0.15) is 0 Å². The molecule has 1 aromatic heterocycles. The average molecular weight is 298 g/mol. The minimum atomic E-state index is 0.470. The Kier molecular flexibility index (Phi) is 2.93. The number of fused-ring (bicyclic) bond motifs is 2. The van der Waals surface area contributed by atoms with Crippen molar-refractivity contribution in [3.63, 3.8) is 0 Å². The van der Waals surface area contributed by atoms with Crippen LogP contribution < -0.4 is 9.47 Å². The fourth-order valence-electron chi connectivity index (χ4n) is 2.59. The van der Waals surface area contributed by atoms with Crippen LogP contribution in [0.2, 0.25) is 5.15 Å². The summed E-state index contributed by atoms with van der Waals surface area (Å²) in [4.78, 5) is 4.40. The van der Waals surface area contributed by atoms with Crippen LogP contribution in [0.5, 0.6) is 11.5 Å². The van der Waals surface area contributed by atoms with Gasteiger partial charge in [0.15, 0.2) is 11.5 Å². The second kappa shape index (κ2) is 4.93. The van der Waals surface area contributed by atoms with Gasteiger partial charge in [-0.25, -0.2) is 4.98 Å². The third kappa shape index (κ3) is 2.20. The second-order valence-electron chi connectivity index (χ2n) is 4.87. The second-order valence-corrected chi connectivity index (χ2v) is 5.26. The van der Waals surface area contributed by atoms with Crippen molar-refractivity contribution in [2.75, 3.05) is 13.2 Å². The van der Waals surface area contributed by atoms with E-state index in [1.807, 2.05) is 36.4 Å². The lowest BCUT2D eigenvalue weighted by molar-refractivity contribution is 0.172. The van der Waals surface area contributed by atoms with E-state index in [1.165, 1.54) is 0 Å². The smallest absolute Gasteiger partial charge is 0.163 e. The number of halogens is 1. The number of rotatable bonds is 1. The summed E-state index contributed by atoms with van der Waals surface area (Å²) in [6.07, 6.45) is 0. The fraction of sp³-hybridized carbons (Fsp3) is 0.118. The van der Waals surface area contributed by atoms with Gasteiger partial charge < -0.3 is 9.47 Å². The minimum absolute atomic E-state index is 0.470. The van der Waals surface area contributed by atoms with Gasteiger partial charge in [-0.1, -0.05) is 41.9 Å². The number of nitrogens with zero attached hydrogens (tertiary/aromatic N) is 1. The Hall–Kier alpha value is -2.26. The Morgan fingerprint density at radius 1 is 0.905 bits per heavy atom. The maximum absolute atomic E-state index is 6.17. The largest absolute Gasteiger partial charge is 0.486 e. The van der Waals surface area contributed by atoms with Crippen LogP contribution in [-0.2, 0) is 0 Å². The van der Waals surface area contributed by atoms with Crippen LogP contribution in [0.4, 0.5) is 0 Å². The van der Waals surface area contributed by atoms with Crippen molar-refractivity contribution in [3.8, 4) is 22.6 Å². The molecule has 3 nitrogen and oxygen atoms in total. The topological polar surface area (TPSA) is 31.4 Å². The molecule has 2 heterocycles. The van der Waals surface area contributed by atoms with Crippen LogP contribution in [0.15, 0.2) is 48.5 Å². The number of benzene rings is 2. The van der Waals surface area contributed by atoms with E-state index in [9.17, 15) is 0 Å². The normalized spacial score (nSPS) is 13.4. The van der Waals surface area contributed by atoms with Crippen molar-refractivity contribution < 1.29 is 9.47 Å². The van der Waals surface area contributed by atoms with Crippen molar-refractivity contribution in [2.45, 2.75) is 0 Å². The molecule has 0 saturated carbocycles. The summed E-state index contributed by atoms with van der Waals surface area (Å²) >= 11 is 6.17. The van der Waals surface area contributed by atoms with Gasteiger partial charge in [-0.15, -0.1) is 0 Å². The third-order valence-electron chi connectivity index (χ3n) is 3.53. The molecule has 104 valence electrons. The lowest BCUT2D eigenvalue weighted by atomic mass is 10.0. The number of hydrogen-bond acceptors (Lipinski definition) is 3. The number of hydrogen-bond donors (Lipinski definition) is 0. The van der Waals surface area contributed by atoms with Crippen LogP contribution in [0.1, 0.15) is 0 Å². The van der Waals surface area contributed by atoms with Crippen molar-refractivity contribution in [3.05, 3.63) is 53.7 Å². The molecule has 3 aromatic rings. The first-order valence-corrected chi connectivity index (χ1v) is 7.14. The van der Waals surface area contributed by atoms with Gasteiger partial charge in [0.25, 0.3) is 0 Å². The van der Waals surface area contributed by atoms with Crippen molar-refractivity contribution in [1.29, 1.82) is 0 Å². The highest BCUT2D eigenvalue weighted by molar-refractivity contribution is 6.30. The summed E-state index contributed by atoms with van der Waals surface area (Å²) in [6, 6.07) is 15.9. The van der Waals surface area contributed by atoms with Crippen LogP contribution in [0.25, 0.3) is 22.0 Å². The van der Waals surface area contributed by atoms with Gasteiger partial charge in [0, 0.05) is 11.5 Å². The molecule has 4 heteroatoms. The van der Waals surface area contributed by atoms with Crippen LogP contribution in [-0.4, -0.2) is 18.2 Å². The first kappa shape index (κ1) is 12.5. The van der Waals surface area contributed by atoms with E-state index in [4.69, 9.17) is 21.1 Å². The maximum Gasteiger partial charge on any atom is 0.163 e. The molecule has 0 atom stereocenters. The average Bonchev–Trinajstić information content (AvgIpc) is 2.53. The Balaban J connectivity index is 2.02. The molecule has 1 aliphatic heterocycles. The Bertz CT molecular complexity index is 818. The third-order valence-corrected chi connectivity index (χ3v) is 3.72. The van der Waals surface area contributed by atoms with Crippen molar-refractivity contribution in [2.24, 2.45) is 0 Å². The molecule has 0 fully saturated rings. The zero-order valence-electron chi connectivity index (χ0n) is 11.2. The van der Waals surface area contributed by atoms with Gasteiger partial charge in [0.2, 0.25) is 0 Å². The summed E-state index contributed by atoms with van der Waals surface area (Å²) in [5, 5.41) is 1.48. The molecular formula is C17H12ClNO2. The van der Waals surface area contributed by atoms with E-state index in [-0.39, 0.29) is 0 Å². The molecule has 0 aliphatic carbocycles. The van der Waals surface area contributed by atoms with Crippen molar-refractivity contribution in [1.82, 2.24) is 4.98 Å². The Morgan fingerprint density at radius 3 is 2.38 bits per heavy atom. The molecule has 1 aliphatic rings. The van der Waals surface area contributed by atoms with Crippen LogP contribution in [0.3, 0.4) is 0 Å². The van der Waals surface area contributed by atoms with Crippen molar-refractivity contribution >= 4 is 22.5 Å². The Morgan fingerprint density at radius 2 is 1.62 bits per heavy atom. The summed E-state index contributed by atoms with van der Waals surface area (Å²) in [5.41, 5.74) is 2.96. The van der Waals surface area contributed by atoms with Gasteiger partial charge in [-0.05, 0) is 23.3 Å². The highest BCUT2D eigenvalue weighted by Gasteiger charge is 2.16. The van der Waals surface area contributed by atoms with Gasteiger partial charge in [-0.3, -0.25) is 0 Å². The highest BCUT2D eigenvalue weighted by atomic mass is 35.5. The number of ether oxygens (including phenoxy) is 2. The van der Waals surface area contributed by atoms with Gasteiger partial charge >= 0.3 is 0 Å². The molecule has 0 amide bonds. The molecule has 0 unspecified atom stereocenters. The standard InChI is InChI=1S/C17H12ClNO2/c18-17-9-12(11-4-2-1-3-5-11)13-8-15-16(10-14(13)19-17)21-7-6-20-15/h1-5,8-10H,6-7H2. The molecule has 0 N–H and O–H groups in total. The van der Waals surface area contributed by atoms with Crippen LogP contribution in [0, 0.1) is 0 Å². The monoisotopic (exact) mass is 297 g/mol. The Labute approximate surface area is 127 Å². The number of pyridine rings is 1. The zero-order valence-corrected chi connectivity index (χ0v) is 11.9. The molecule has 4 rings (SSSR count). The molecule has 0 spiro atoms. The lowest BCUT2D eigenvalue weighted by Crippen LogP contribution is -2.15. The molecular weight excluding hydrogens is 286 g/mol. The van der Waals surface area contributed by atoms with Gasteiger partial charge in [0.1, 0.15) is 18.4 Å². The van der Waals surface area contributed by atoms with E-state index in [0.29, 0.717) is 18.4 Å². The molecule has 0 saturated heterocycles. The predicted molar refractivity (Wildman–Crippen MR) is 83.2 cm³/mol. The van der Waals surface area contributed by atoms with E-state index in [0.717, 1.165) is 33.5 Å².